The van der Waals surface area contributed by atoms with Crippen molar-refractivity contribution in [3.63, 3.8) is 0 Å². The number of rotatable bonds is 3. The number of carbonyl (C=O) groups is 2. The third kappa shape index (κ3) is 4.94. The third-order valence-electron chi connectivity index (χ3n) is 5.03. The van der Waals surface area contributed by atoms with Gasteiger partial charge in [0.15, 0.2) is 0 Å². The molecular weight excluding hydrogens is 456 g/mol. The Hall–Kier alpha value is -3.57. The Balaban J connectivity index is 1.88. The van der Waals surface area contributed by atoms with Crippen molar-refractivity contribution < 1.29 is 40.7 Å². The number of ether oxygens (including phenoxy) is 1. The van der Waals surface area contributed by atoms with Crippen LogP contribution in [0.25, 0.3) is 0 Å². The molecule has 0 saturated heterocycles. The molecule has 0 radical (unpaired) electrons. The number of benzene rings is 2. The normalized spacial score (nSPS) is 18.7. The molecule has 176 valence electrons. The Labute approximate surface area is 183 Å². The molecule has 0 aromatic heterocycles. The average molecular weight is 473 g/mol. The van der Waals surface area contributed by atoms with Crippen molar-refractivity contribution in [1.82, 2.24) is 5.01 Å². The van der Waals surface area contributed by atoms with Crippen LogP contribution in [0.5, 0.6) is 0 Å². The summed E-state index contributed by atoms with van der Waals surface area (Å²) in [6.07, 6.45) is -9.10. The number of nitrogens with one attached hydrogen (secondary N) is 1. The highest BCUT2D eigenvalue weighted by Crippen LogP contribution is 2.35. The molecule has 3 rings (SSSR count). The van der Waals surface area contributed by atoms with Crippen LogP contribution in [0.15, 0.2) is 53.6 Å². The molecule has 1 aliphatic heterocycles. The number of urea groups is 1. The van der Waals surface area contributed by atoms with Crippen molar-refractivity contribution in [2.45, 2.75) is 19.3 Å². The van der Waals surface area contributed by atoms with Crippen LogP contribution in [-0.4, -0.2) is 36.4 Å². The van der Waals surface area contributed by atoms with Crippen LogP contribution >= 0.6 is 0 Å². The van der Waals surface area contributed by atoms with Gasteiger partial charge in [0.25, 0.3) is 0 Å². The van der Waals surface area contributed by atoms with Crippen molar-refractivity contribution >= 4 is 23.4 Å². The first-order valence-corrected chi connectivity index (χ1v) is 9.36. The monoisotopic (exact) mass is 473 g/mol. The van der Waals surface area contributed by atoms with E-state index in [4.69, 9.17) is 4.74 Å². The summed E-state index contributed by atoms with van der Waals surface area (Å²) < 4.78 is 81.5. The van der Waals surface area contributed by atoms with Gasteiger partial charge in [0.1, 0.15) is 5.41 Å². The Kier molecular flexibility index (Phi) is 6.14. The van der Waals surface area contributed by atoms with E-state index in [9.17, 15) is 35.9 Å². The number of hydrogen-bond donors (Lipinski definition) is 1. The van der Waals surface area contributed by atoms with E-state index in [0.717, 1.165) is 60.6 Å². The number of nitrogens with zero attached hydrogens (tertiary/aromatic N) is 2. The van der Waals surface area contributed by atoms with Crippen molar-refractivity contribution in [1.29, 1.82) is 0 Å². The topological polar surface area (TPSA) is 71.0 Å². The zero-order valence-electron chi connectivity index (χ0n) is 17.2. The summed E-state index contributed by atoms with van der Waals surface area (Å²) in [5.74, 6) is -0.772. The van der Waals surface area contributed by atoms with Crippen LogP contribution in [0, 0.1) is 5.41 Å². The molecule has 1 aliphatic rings. The number of carbonyl (C=O) groups excluding carboxylic acids is 2. The van der Waals surface area contributed by atoms with E-state index in [1.807, 2.05) is 0 Å². The first-order valence-electron chi connectivity index (χ1n) is 9.36. The van der Waals surface area contributed by atoms with Gasteiger partial charge in [-0.15, -0.1) is 0 Å². The van der Waals surface area contributed by atoms with E-state index in [-0.39, 0.29) is 23.5 Å². The average Bonchev–Trinajstić information content (AvgIpc) is 3.11. The highest BCUT2D eigenvalue weighted by atomic mass is 19.4. The standard InChI is InChI=1S/C21H17F6N3O3/c1-19(17(31)33-2)11-30(18(32)28-15-9-7-14(8-10-15)21(25,26)27)29-16(19)12-3-5-13(6-4-12)20(22,23)24/h3-10H,11H2,1-2H3,(H,28,32). The lowest BCUT2D eigenvalue weighted by Crippen LogP contribution is -2.42. The molecule has 2 aromatic carbocycles. The molecule has 2 amide bonds. The number of anilines is 1. The summed E-state index contributed by atoms with van der Waals surface area (Å²) in [6, 6.07) is 6.71. The number of hydrazone groups is 1. The molecule has 6 nitrogen and oxygen atoms in total. The highest BCUT2D eigenvalue weighted by molar-refractivity contribution is 6.17. The highest BCUT2D eigenvalue weighted by Gasteiger charge is 2.48. The second kappa shape index (κ2) is 8.41. The summed E-state index contributed by atoms with van der Waals surface area (Å²) in [7, 11) is 1.11. The quantitative estimate of drug-likeness (QED) is 0.495. The van der Waals surface area contributed by atoms with Gasteiger partial charge in [-0.1, -0.05) is 12.1 Å². The predicted molar refractivity (Wildman–Crippen MR) is 105 cm³/mol. The SMILES string of the molecule is COC(=O)C1(C)CN(C(=O)Nc2ccc(C(F)(F)F)cc2)N=C1c1ccc(C(F)(F)F)cc1. The van der Waals surface area contributed by atoms with Crippen molar-refractivity contribution in [2.24, 2.45) is 10.5 Å². The van der Waals surface area contributed by atoms with Crippen molar-refractivity contribution in [3.8, 4) is 0 Å². The summed E-state index contributed by atoms with van der Waals surface area (Å²) in [4.78, 5) is 25.1. The predicted octanol–water partition coefficient (Wildman–Crippen LogP) is 5.16. The van der Waals surface area contributed by atoms with Crippen LogP contribution in [0.4, 0.5) is 36.8 Å². The van der Waals surface area contributed by atoms with E-state index in [1.165, 1.54) is 6.92 Å². The molecule has 0 aliphatic carbocycles. The van der Waals surface area contributed by atoms with Crippen molar-refractivity contribution in [2.75, 3.05) is 19.0 Å². The van der Waals surface area contributed by atoms with E-state index >= 15 is 0 Å². The molecule has 1 N–H and O–H groups in total. The molecule has 33 heavy (non-hydrogen) atoms. The van der Waals surface area contributed by atoms with Gasteiger partial charge in [-0.25, -0.2) is 9.80 Å². The fourth-order valence-electron chi connectivity index (χ4n) is 3.27. The minimum atomic E-state index is -4.56. The minimum Gasteiger partial charge on any atom is -0.468 e. The smallest absolute Gasteiger partial charge is 0.416 e. The van der Waals surface area contributed by atoms with Gasteiger partial charge in [-0.2, -0.15) is 31.4 Å². The maximum absolute atomic E-state index is 12.9. The van der Waals surface area contributed by atoms with E-state index in [1.54, 1.807) is 0 Å². The van der Waals surface area contributed by atoms with E-state index in [2.05, 4.69) is 10.4 Å². The molecular formula is C21H17F6N3O3. The van der Waals surface area contributed by atoms with Gasteiger partial charge < -0.3 is 10.1 Å². The Morgan fingerprint density at radius 3 is 1.88 bits per heavy atom. The summed E-state index contributed by atoms with van der Waals surface area (Å²) in [6.45, 7) is 1.11. The number of hydrogen-bond acceptors (Lipinski definition) is 4. The van der Waals surface area contributed by atoms with Crippen LogP contribution in [0.2, 0.25) is 0 Å². The zero-order valence-corrected chi connectivity index (χ0v) is 17.2. The Morgan fingerprint density at radius 2 is 1.42 bits per heavy atom. The minimum absolute atomic E-state index is 0.00523. The molecule has 0 spiro atoms. The molecule has 2 aromatic rings. The van der Waals surface area contributed by atoms with E-state index in [0.29, 0.717) is 0 Å². The fourth-order valence-corrected chi connectivity index (χ4v) is 3.27. The molecule has 0 bridgehead atoms. The molecule has 12 heteroatoms. The maximum Gasteiger partial charge on any atom is 0.416 e. The number of methoxy groups -OCH3 is 1. The Bertz CT molecular complexity index is 1080. The molecule has 0 saturated carbocycles. The van der Waals surface area contributed by atoms with Gasteiger partial charge >= 0.3 is 24.4 Å². The second-order valence-electron chi connectivity index (χ2n) is 7.41. The molecule has 0 fully saturated rings. The third-order valence-corrected chi connectivity index (χ3v) is 5.03. The fraction of sp³-hybridized carbons (Fsp3) is 0.286. The summed E-state index contributed by atoms with van der Waals surface area (Å²) >= 11 is 0. The number of alkyl halides is 6. The lowest BCUT2D eigenvalue weighted by atomic mass is 9.82. The molecule has 1 atom stereocenters. The van der Waals surface area contributed by atoms with Crippen LogP contribution in [0.1, 0.15) is 23.6 Å². The number of esters is 1. The first-order chi connectivity index (χ1) is 15.3. The van der Waals surface area contributed by atoms with Gasteiger partial charge in [0.2, 0.25) is 0 Å². The molecule has 1 unspecified atom stereocenters. The van der Waals surface area contributed by atoms with Gasteiger partial charge in [0.05, 0.1) is 30.5 Å². The van der Waals surface area contributed by atoms with Gasteiger partial charge in [0, 0.05) is 5.69 Å². The number of halogens is 6. The van der Waals surface area contributed by atoms with Gasteiger partial charge in [-0.05, 0) is 48.9 Å². The lowest BCUT2D eigenvalue weighted by molar-refractivity contribution is -0.147. The van der Waals surface area contributed by atoms with Crippen molar-refractivity contribution in [3.05, 3.63) is 65.2 Å². The van der Waals surface area contributed by atoms with E-state index < -0.39 is 40.9 Å². The summed E-state index contributed by atoms with van der Waals surface area (Å²) in [5, 5.41) is 7.33. The number of amides is 2. The zero-order chi connectivity index (χ0) is 24.6. The lowest BCUT2D eigenvalue weighted by Gasteiger charge is -2.23. The second-order valence-corrected chi connectivity index (χ2v) is 7.41. The van der Waals surface area contributed by atoms with Crippen LogP contribution in [-0.2, 0) is 21.9 Å². The maximum atomic E-state index is 12.9. The first kappa shape index (κ1) is 24.1. The van der Waals surface area contributed by atoms with Crippen LogP contribution in [0.3, 0.4) is 0 Å². The van der Waals surface area contributed by atoms with Crippen LogP contribution < -0.4 is 5.32 Å². The Morgan fingerprint density at radius 1 is 0.939 bits per heavy atom. The molecule has 1 heterocycles. The van der Waals surface area contributed by atoms with Gasteiger partial charge in [-0.3, -0.25) is 4.79 Å². The summed E-state index contributed by atoms with van der Waals surface area (Å²) in [5.41, 5.74) is -3.08. The largest absolute Gasteiger partial charge is 0.468 e.